The summed E-state index contributed by atoms with van der Waals surface area (Å²) in [6.07, 6.45) is 4.20. The normalized spacial score (nSPS) is 16.5. The second kappa shape index (κ2) is 8.50. The van der Waals surface area contributed by atoms with Crippen LogP contribution in [0.25, 0.3) is 0 Å². The van der Waals surface area contributed by atoms with Crippen molar-refractivity contribution in [2.75, 3.05) is 31.1 Å². The highest BCUT2D eigenvalue weighted by atomic mass is 32.2. The molecule has 1 fully saturated rings. The van der Waals surface area contributed by atoms with Gasteiger partial charge in [-0.05, 0) is 75.3 Å². The predicted octanol–water partition coefficient (Wildman–Crippen LogP) is 4.26. The number of likely N-dealkylation sites (tertiary alicyclic amines) is 1. The summed E-state index contributed by atoms with van der Waals surface area (Å²) >= 11 is 1.67. The van der Waals surface area contributed by atoms with E-state index in [0.717, 1.165) is 22.1 Å². The maximum Gasteiger partial charge on any atom is 0.119 e. The van der Waals surface area contributed by atoms with Crippen molar-refractivity contribution >= 4 is 23.1 Å². The fourth-order valence-corrected chi connectivity index (χ4v) is 3.98. The third-order valence-corrected chi connectivity index (χ3v) is 5.42. The highest BCUT2D eigenvalue weighted by Crippen LogP contribution is 2.31. The topological polar surface area (TPSA) is 64.5 Å². The number of nitrogens with zero attached hydrogens (tertiary/aromatic N) is 1. The maximum absolute atomic E-state index is 6.07. The van der Waals surface area contributed by atoms with E-state index >= 15 is 0 Å². The van der Waals surface area contributed by atoms with Crippen LogP contribution < -0.4 is 16.2 Å². The summed E-state index contributed by atoms with van der Waals surface area (Å²) in [6.45, 7) is 5.55. The SMILES string of the molecule is CC(CN1CCCCC1)Oc1ccc(Sc2ccc(N)c(N)c2)cc1. The molecular formula is C20H27N3OS. The van der Waals surface area contributed by atoms with Crippen LogP contribution in [0.3, 0.4) is 0 Å². The van der Waals surface area contributed by atoms with Gasteiger partial charge in [-0.3, -0.25) is 4.90 Å². The zero-order valence-corrected chi connectivity index (χ0v) is 15.6. The first kappa shape index (κ1) is 18.0. The van der Waals surface area contributed by atoms with E-state index < -0.39 is 0 Å². The molecule has 1 heterocycles. The minimum Gasteiger partial charge on any atom is -0.489 e. The van der Waals surface area contributed by atoms with Gasteiger partial charge in [0, 0.05) is 16.3 Å². The lowest BCUT2D eigenvalue weighted by atomic mass is 10.1. The number of anilines is 2. The Bertz CT molecular complexity index is 684. The summed E-state index contributed by atoms with van der Waals surface area (Å²) in [7, 11) is 0. The predicted molar refractivity (Wildman–Crippen MR) is 106 cm³/mol. The van der Waals surface area contributed by atoms with E-state index in [9.17, 15) is 0 Å². The molecule has 3 rings (SSSR count). The van der Waals surface area contributed by atoms with E-state index in [1.54, 1.807) is 11.8 Å². The number of piperidine rings is 1. The molecule has 1 saturated heterocycles. The summed E-state index contributed by atoms with van der Waals surface area (Å²) in [6, 6.07) is 14.0. The molecule has 0 radical (unpaired) electrons. The van der Waals surface area contributed by atoms with Crippen molar-refractivity contribution in [2.24, 2.45) is 0 Å². The van der Waals surface area contributed by atoms with Crippen LogP contribution in [0.15, 0.2) is 52.3 Å². The van der Waals surface area contributed by atoms with Gasteiger partial charge >= 0.3 is 0 Å². The van der Waals surface area contributed by atoms with Gasteiger partial charge in [0.05, 0.1) is 11.4 Å². The van der Waals surface area contributed by atoms with Crippen molar-refractivity contribution in [2.45, 2.75) is 42.1 Å². The van der Waals surface area contributed by atoms with Crippen LogP contribution in [0.4, 0.5) is 11.4 Å². The third kappa shape index (κ3) is 5.31. The Morgan fingerprint density at radius 1 is 0.960 bits per heavy atom. The Morgan fingerprint density at radius 3 is 2.32 bits per heavy atom. The van der Waals surface area contributed by atoms with E-state index in [2.05, 4.69) is 24.0 Å². The number of nitrogens with two attached hydrogens (primary N) is 2. The second-order valence-corrected chi connectivity index (χ2v) is 7.80. The number of benzene rings is 2. The van der Waals surface area contributed by atoms with Gasteiger partial charge in [0.1, 0.15) is 11.9 Å². The number of ether oxygens (including phenoxy) is 1. The number of rotatable bonds is 6. The molecule has 1 aliphatic heterocycles. The smallest absolute Gasteiger partial charge is 0.119 e. The lowest BCUT2D eigenvalue weighted by Crippen LogP contribution is -2.37. The minimum atomic E-state index is 0.202. The zero-order chi connectivity index (χ0) is 17.6. The summed E-state index contributed by atoms with van der Waals surface area (Å²) in [5, 5.41) is 0. The Balaban J connectivity index is 1.53. The standard InChI is InChI=1S/C20H27N3OS/c1-15(14-23-11-3-2-4-12-23)24-16-5-7-17(8-6-16)25-18-9-10-19(21)20(22)13-18/h5-10,13,15H,2-4,11-12,14,21-22H2,1H3. The van der Waals surface area contributed by atoms with Crippen LogP contribution in [-0.4, -0.2) is 30.6 Å². The van der Waals surface area contributed by atoms with Crippen molar-refractivity contribution in [1.29, 1.82) is 0 Å². The van der Waals surface area contributed by atoms with Crippen molar-refractivity contribution < 1.29 is 4.74 Å². The third-order valence-electron chi connectivity index (χ3n) is 4.42. The fraction of sp³-hybridized carbons (Fsp3) is 0.400. The van der Waals surface area contributed by atoms with Gasteiger partial charge in [0.25, 0.3) is 0 Å². The summed E-state index contributed by atoms with van der Waals surface area (Å²) in [5.74, 6) is 0.922. The lowest BCUT2D eigenvalue weighted by molar-refractivity contribution is 0.130. The van der Waals surface area contributed by atoms with E-state index in [1.807, 2.05) is 30.3 Å². The largest absolute Gasteiger partial charge is 0.489 e. The summed E-state index contributed by atoms with van der Waals surface area (Å²) < 4.78 is 6.07. The monoisotopic (exact) mass is 357 g/mol. The second-order valence-electron chi connectivity index (χ2n) is 6.65. The van der Waals surface area contributed by atoms with Crippen molar-refractivity contribution in [3.8, 4) is 5.75 Å². The first-order valence-electron chi connectivity index (χ1n) is 8.92. The van der Waals surface area contributed by atoms with Gasteiger partial charge < -0.3 is 16.2 Å². The van der Waals surface area contributed by atoms with Crippen molar-refractivity contribution in [3.05, 3.63) is 42.5 Å². The lowest BCUT2D eigenvalue weighted by Gasteiger charge is -2.29. The average molecular weight is 358 g/mol. The fourth-order valence-electron chi connectivity index (χ4n) is 3.11. The molecule has 1 unspecified atom stereocenters. The summed E-state index contributed by atoms with van der Waals surface area (Å²) in [5.41, 5.74) is 12.9. The van der Waals surface area contributed by atoms with Gasteiger partial charge in [0.15, 0.2) is 0 Å². The number of hydrogen-bond acceptors (Lipinski definition) is 5. The van der Waals surface area contributed by atoms with E-state index in [0.29, 0.717) is 11.4 Å². The van der Waals surface area contributed by atoms with Crippen LogP contribution in [-0.2, 0) is 0 Å². The van der Waals surface area contributed by atoms with Crippen LogP contribution in [0.1, 0.15) is 26.2 Å². The molecule has 134 valence electrons. The molecule has 0 aliphatic carbocycles. The molecule has 1 atom stereocenters. The summed E-state index contributed by atoms with van der Waals surface area (Å²) in [4.78, 5) is 4.74. The number of nitrogen functional groups attached to an aromatic ring is 2. The van der Waals surface area contributed by atoms with Crippen LogP contribution in [0.5, 0.6) is 5.75 Å². The molecule has 2 aromatic rings. The molecule has 5 heteroatoms. The quantitative estimate of drug-likeness (QED) is 0.757. The van der Waals surface area contributed by atoms with Gasteiger partial charge in [-0.2, -0.15) is 0 Å². The molecule has 4 nitrogen and oxygen atoms in total. The zero-order valence-electron chi connectivity index (χ0n) is 14.8. The Kier molecular flexibility index (Phi) is 6.10. The van der Waals surface area contributed by atoms with Gasteiger partial charge in [-0.15, -0.1) is 0 Å². The average Bonchev–Trinajstić information content (AvgIpc) is 2.61. The minimum absolute atomic E-state index is 0.202. The van der Waals surface area contributed by atoms with E-state index in [-0.39, 0.29) is 6.10 Å². The molecule has 4 N–H and O–H groups in total. The molecule has 2 aromatic carbocycles. The van der Waals surface area contributed by atoms with Crippen molar-refractivity contribution in [1.82, 2.24) is 4.90 Å². The van der Waals surface area contributed by atoms with E-state index in [4.69, 9.17) is 16.2 Å². The molecule has 0 bridgehead atoms. The Morgan fingerprint density at radius 2 is 1.64 bits per heavy atom. The Labute approximate surface area is 154 Å². The van der Waals surface area contributed by atoms with Gasteiger partial charge in [-0.1, -0.05) is 18.2 Å². The van der Waals surface area contributed by atoms with Crippen LogP contribution in [0, 0.1) is 0 Å². The molecule has 0 aromatic heterocycles. The molecule has 25 heavy (non-hydrogen) atoms. The molecule has 0 spiro atoms. The van der Waals surface area contributed by atoms with Crippen molar-refractivity contribution in [3.63, 3.8) is 0 Å². The van der Waals surface area contributed by atoms with Crippen LogP contribution in [0.2, 0.25) is 0 Å². The van der Waals surface area contributed by atoms with Crippen LogP contribution >= 0.6 is 11.8 Å². The van der Waals surface area contributed by atoms with Gasteiger partial charge in [-0.25, -0.2) is 0 Å². The molecule has 0 amide bonds. The molecule has 1 aliphatic rings. The molecule has 0 saturated carbocycles. The maximum atomic E-state index is 6.07. The first-order chi connectivity index (χ1) is 12.1. The van der Waals surface area contributed by atoms with Gasteiger partial charge in [0.2, 0.25) is 0 Å². The first-order valence-corrected chi connectivity index (χ1v) is 9.74. The highest BCUT2D eigenvalue weighted by molar-refractivity contribution is 7.99. The highest BCUT2D eigenvalue weighted by Gasteiger charge is 2.14. The molecular weight excluding hydrogens is 330 g/mol. The number of hydrogen-bond donors (Lipinski definition) is 2. The Hall–Kier alpha value is -1.85. The van der Waals surface area contributed by atoms with E-state index in [1.165, 1.54) is 32.4 Å².